The molecule has 91 heavy (non-hydrogen) atoms. The topological polar surface area (TPSA) is 307 Å². The number of hydrogen-bond acceptors (Lipinski definition) is 18. The maximum Gasteiger partial charge on any atom is 0.220 e. The number of carbonyl (C=O) groups is 1. The van der Waals surface area contributed by atoms with Gasteiger partial charge in [0.2, 0.25) is 5.91 Å². The molecule has 3 aliphatic heterocycles. The van der Waals surface area contributed by atoms with Gasteiger partial charge in [0.25, 0.3) is 0 Å². The Morgan fingerprint density at radius 2 is 0.725 bits per heavy atom. The highest BCUT2D eigenvalue weighted by atomic mass is 16.8. The van der Waals surface area contributed by atoms with Gasteiger partial charge in [0.05, 0.1) is 38.6 Å². The highest BCUT2D eigenvalue weighted by Crippen LogP contribution is 2.33. The van der Waals surface area contributed by atoms with Crippen LogP contribution in [0.4, 0.5) is 0 Å². The van der Waals surface area contributed by atoms with Gasteiger partial charge in [-0.25, -0.2) is 0 Å². The largest absolute Gasteiger partial charge is 0.394 e. The molecule has 0 aromatic carbocycles. The minimum Gasteiger partial charge on any atom is -0.394 e. The van der Waals surface area contributed by atoms with Crippen molar-refractivity contribution in [2.24, 2.45) is 0 Å². The summed E-state index contributed by atoms with van der Waals surface area (Å²) in [7, 11) is 0. The van der Waals surface area contributed by atoms with Crippen molar-refractivity contribution < 1.29 is 89.4 Å². The lowest BCUT2D eigenvalue weighted by Gasteiger charge is -2.48. The van der Waals surface area contributed by atoms with Crippen LogP contribution in [0.5, 0.6) is 0 Å². The Morgan fingerprint density at radius 1 is 0.396 bits per heavy atom. The second-order valence-corrected chi connectivity index (χ2v) is 26.4. The van der Waals surface area contributed by atoms with Crippen molar-refractivity contribution in [3.63, 3.8) is 0 Å². The van der Waals surface area contributed by atoms with Crippen LogP contribution in [0.25, 0.3) is 0 Å². The molecular weight excluding hydrogens is 1170 g/mol. The number of hydrogen-bond donors (Lipinski definition) is 12. The number of amides is 1. The highest BCUT2D eigenvalue weighted by Gasteiger charge is 2.53. The molecule has 0 spiro atoms. The summed E-state index contributed by atoms with van der Waals surface area (Å²) in [6, 6.07) is -0.978. The molecule has 0 radical (unpaired) electrons. The van der Waals surface area contributed by atoms with E-state index >= 15 is 0 Å². The molecule has 0 bridgehead atoms. The molecule has 0 aromatic rings. The molecule has 3 heterocycles. The molecule has 3 rings (SSSR count). The Labute approximate surface area is 549 Å². The van der Waals surface area contributed by atoms with E-state index in [2.05, 4.69) is 43.5 Å². The van der Waals surface area contributed by atoms with Crippen LogP contribution in [0.15, 0.2) is 36.5 Å². The average molecular weight is 1300 g/mol. The molecule has 534 valence electrons. The first-order valence-electron chi connectivity index (χ1n) is 36.7. The van der Waals surface area contributed by atoms with Crippen LogP contribution < -0.4 is 5.32 Å². The van der Waals surface area contributed by atoms with Gasteiger partial charge in [-0.15, -0.1) is 0 Å². The zero-order valence-corrected chi connectivity index (χ0v) is 56.6. The monoisotopic (exact) mass is 1300 g/mol. The minimum absolute atomic E-state index is 0.235. The van der Waals surface area contributed by atoms with E-state index in [1.54, 1.807) is 6.08 Å². The lowest BCUT2D eigenvalue weighted by atomic mass is 9.96. The van der Waals surface area contributed by atoms with E-state index in [4.69, 9.17) is 28.4 Å². The maximum absolute atomic E-state index is 13.4. The van der Waals surface area contributed by atoms with Crippen molar-refractivity contribution in [3.8, 4) is 0 Å². The molecule has 17 atom stereocenters. The Bertz CT molecular complexity index is 1790. The summed E-state index contributed by atoms with van der Waals surface area (Å²) in [6.45, 7) is 1.74. The molecule has 0 aromatic heterocycles. The van der Waals surface area contributed by atoms with Crippen molar-refractivity contribution in [2.45, 2.75) is 388 Å². The number of nitrogens with one attached hydrogen (secondary N) is 1. The van der Waals surface area contributed by atoms with Crippen LogP contribution in [0.2, 0.25) is 0 Å². The summed E-state index contributed by atoms with van der Waals surface area (Å²) in [4.78, 5) is 13.4. The summed E-state index contributed by atoms with van der Waals surface area (Å²) in [5, 5.41) is 121. The number of ether oxygens (including phenoxy) is 6. The molecule has 19 nitrogen and oxygen atoms in total. The van der Waals surface area contributed by atoms with Gasteiger partial charge in [-0.05, 0) is 51.4 Å². The van der Waals surface area contributed by atoms with E-state index in [-0.39, 0.29) is 18.9 Å². The average Bonchev–Trinajstić information content (AvgIpc) is 0.844. The Kier molecular flexibility index (Phi) is 49.5. The molecular formula is C72H133NO18. The predicted octanol–water partition coefficient (Wildman–Crippen LogP) is 10.4. The third-order valence-electron chi connectivity index (χ3n) is 18.4. The quantitative estimate of drug-likeness (QED) is 0.0199. The molecule has 12 N–H and O–H groups in total. The molecule has 3 saturated heterocycles. The summed E-state index contributed by atoms with van der Waals surface area (Å²) >= 11 is 0. The minimum atomic E-state index is -1.98. The van der Waals surface area contributed by atoms with Crippen LogP contribution in [0, 0.1) is 0 Å². The third kappa shape index (κ3) is 35.7. The fourth-order valence-corrected chi connectivity index (χ4v) is 12.5. The third-order valence-corrected chi connectivity index (χ3v) is 18.4. The van der Waals surface area contributed by atoms with Crippen LogP contribution in [-0.4, -0.2) is 193 Å². The van der Waals surface area contributed by atoms with Gasteiger partial charge in [-0.3, -0.25) is 4.79 Å². The van der Waals surface area contributed by atoms with Gasteiger partial charge in [-0.1, -0.05) is 262 Å². The second-order valence-electron chi connectivity index (χ2n) is 26.4. The number of aliphatic hydroxyl groups excluding tert-OH is 11. The van der Waals surface area contributed by atoms with E-state index in [9.17, 15) is 61.0 Å². The fourth-order valence-electron chi connectivity index (χ4n) is 12.5. The first kappa shape index (κ1) is 83.2. The van der Waals surface area contributed by atoms with Gasteiger partial charge < -0.3 is 89.9 Å². The maximum atomic E-state index is 13.4. The summed E-state index contributed by atoms with van der Waals surface area (Å²) in [5.41, 5.74) is 0. The molecule has 3 fully saturated rings. The normalized spacial score (nSPS) is 28.0. The van der Waals surface area contributed by atoms with Gasteiger partial charge in [-0.2, -0.15) is 0 Å². The van der Waals surface area contributed by atoms with Crippen molar-refractivity contribution >= 4 is 5.91 Å². The number of unbranched alkanes of at least 4 members (excludes halogenated alkanes) is 37. The molecule has 3 aliphatic rings. The van der Waals surface area contributed by atoms with Crippen molar-refractivity contribution in [1.82, 2.24) is 5.32 Å². The summed E-state index contributed by atoms with van der Waals surface area (Å²) in [6.07, 6.45) is 36.9. The first-order valence-corrected chi connectivity index (χ1v) is 36.7. The molecule has 19 heteroatoms. The first-order chi connectivity index (χ1) is 44.3. The van der Waals surface area contributed by atoms with Crippen molar-refractivity contribution in [2.75, 3.05) is 26.4 Å². The Balaban J connectivity index is 1.41. The van der Waals surface area contributed by atoms with Gasteiger partial charge in [0, 0.05) is 6.42 Å². The van der Waals surface area contributed by atoms with Gasteiger partial charge >= 0.3 is 0 Å². The summed E-state index contributed by atoms with van der Waals surface area (Å²) < 4.78 is 34.4. The highest BCUT2D eigenvalue weighted by molar-refractivity contribution is 5.76. The van der Waals surface area contributed by atoms with E-state index in [1.165, 1.54) is 173 Å². The zero-order chi connectivity index (χ0) is 66.1. The fraction of sp³-hybridized carbons (Fsp3) is 0.903. The molecule has 1 amide bonds. The van der Waals surface area contributed by atoms with E-state index in [0.29, 0.717) is 6.42 Å². The van der Waals surface area contributed by atoms with E-state index in [0.717, 1.165) is 83.5 Å². The van der Waals surface area contributed by atoms with Crippen LogP contribution in [0.3, 0.4) is 0 Å². The van der Waals surface area contributed by atoms with Crippen LogP contribution >= 0.6 is 0 Å². The smallest absolute Gasteiger partial charge is 0.220 e. The standard InChI is InChI=1S/C72H133NO18/c1-3-5-7-9-11-13-15-17-19-21-23-24-25-26-27-28-29-30-31-32-33-35-37-39-41-43-45-47-49-56(77)55(73-60(78)50-48-46-44-42-40-38-36-34-22-20-18-16-14-12-10-8-6-4-2)54-86-70-66(84)63(81)68(58(52-75)88-70)91-72-67(85)64(82)69(59(53-76)89-72)90-71-65(83)62(80)61(79)57(51-74)87-71/h14,16,20,22,47,49,55-59,61-72,74-77,79-85H,3-13,15,17-19,21,23-46,48,50-54H2,1-2H3,(H,73,78)/b16-14-,22-20-,49-47+. The lowest BCUT2D eigenvalue weighted by Crippen LogP contribution is -2.66. The number of carbonyl (C=O) groups excluding carboxylic acids is 1. The van der Waals surface area contributed by atoms with Crippen molar-refractivity contribution in [1.29, 1.82) is 0 Å². The SMILES string of the molecule is CCCCCC/C=C\C/C=C\CCCCCCCCCC(=O)NC(COC1OC(CO)C(OC2OC(CO)C(OC3OC(CO)C(O)C(O)C3O)C(O)C2O)C(O)C1O)C(O)/C=C/CCCCCCCCCCCCCCCCCCCCCCCCCCCC. The van der Waals surface area contributed by atoms with Crippen LogP contribution in [-0.2, 0) is 33.2 Å². The van der Waals surface area contributed by atoms with Crippen LogP contribution in [0.1, 0.15) is 284 Å². The van der Waals surface area contributed by atoms with E-state index < -0.39 is 124 Å². The number of rotatable bonds is 57. The second kappa shape index (κ2) is 54.1. The van der Waals surface area contributed by atoms with Gasteiger partial charge in [0.1, 0.15) is 73.2 Å². The molecule has 0 aliphatic carbocycles. The zero-order valence-electron chi connectivity index (χ0n) is 56.6. The Morgan fingerprint density at radius 3 is 1.13 bits per heavy atom. The number of aliphatic hydroxyl groups is 11. The van der Waals surface area contributed by atoms with E-state index in [1.807, 2.05) is 6.08 Å². The summed E-state index contributed by atoms with van der Waals surface area (Å²) in [5.74, 6) is -0.281. The van der Waals surface area contributed by atoms with Crippen molar-refractivity contribution in [3.05, 3.63) is 36.5 Å². The Hall–Kier alpha value is -1.99. The number of allylic oxidation sites excluding steroid dienone is 5. The van der Waals surface area contributed by atoms with Gasteiger partial charge in [0.15, 0.2) is 18.9 Å². The predicted molar refractivity (Wildman–Crippen MR) is 356 cm³/mol. The molecule has 0 saturated carbocycles. The lowest BCUT2D eigenvalue weighted by molar-refractivity contribution is -0.379. The molecule has 17 unspecified atom stereocenters.